The maximum Gasteiger partial charge on any atom is 0.319 e. The topological polar surface area (TPSA) is 98.7 Å². The molecule has 0 aromatic heterocycles. The van der Waals surface area contributed by atoms with E-state index < -0.39 is 22.2 Å². The number of amides is 2. The number of hydrogen-bond acceptors (Lipinski definition) is 4. The third-order valence-electron chi connectivity index (χ3n) is 2.85. The molecule has 2 amide bonds. The van der Waals surface area contributed by atoms with Crippen molar-refractivity contribution in [3.63, 3.8) is 0 Å². The van der Waals surface area contributed by atoms with E-state index in [0.717, 1.165) is 9.87 Å². The number of rotatable bonds is 6. The number of urea groups is 1. The minimum Gasteiger partial charge on any atom is -0.389 e. The van der Waals surface area contributed by atoms with Gasteiger partial charge in [0.2, 0.25) is 10.0 Å². The summed E-state index contributed by atoms with van der Waals surface area (Å²) in [6.45, 7) is 1.68. The maximum atomic E-state index is 11.6. The molecule has 1 unspecified atom stereocenters. The Morgan fingerprint density at radius 2 is 1.86 bits per heavy atom. The van der Waals surface area contributed by atoms with Crippen LogP contribution in [0.4, 0.5) is 10.5 Å². The van der Waals surface area contributed by atoms with Crippen LogP contribution in [-0.2, 0) is 10.0 Å². The van der Waals surface area contributed by atoms with Crippen molar-refractivity contribution in [2.75, 3.05) is 31.7 Å². The SMILES string of the molecule is CC(O)c1ccc(NC(=O)NCCS(=O)(=O)N(C)C)cc1. The minimum absolute atomic E-state index is 0.0259. The number of carbonyl (C=O) groups is 1. The fourth-order valence-electron chi connectivity index (χ4n) is 1.50. The second kappa shape index (κ2) is 7.39. The summed E-state index contributed by atoms with van der Waals surface area (Å²) in [5.74, 6) is -0.158. The molecule has 0 aliphatic carbocycles. The molecule has 1 atom stereocenters. The molecule has 8 heteroatoms. The van der Waals surface area contributed by atoms with Crippen molar-refractivity contribution >= 4 is 21.7 Å². The number of nitrogens with one attached hydrogen (secondary N) is 2. The van der Waals surface area contributed by atoms with Gasteiger partial charge in [0, 0.05) is 26.3 Å². The van der Waals surface area contributed by atoms with E-state index in [1.807, 2.05) is 0 Å². The number of aliphatic hydroxyl groups excluding tert-OH is 1. The first-order valence-electron chi connectivity index (χ1n) is 6.45. The first kappa shape index (κ1) is 17.4. The summed E-state index contributed by atoms with van der Waals surface area (Å²) in [4.78, 5) is 11.6. The van der Waals surface area contributed by atoms with Gasteiger partial charge in [0.05, 0.1) is 11.9 Å². The molecule has 1 aromatic carbocycles. The zero-order chi connectivity index (χ0) is 16.0. The van der Waals surface area contributed by atoms with Crippen LogP contribution in [0.1, 0.15) is 18.6 Å². The molecule has 118 valence electrons. The summed E-state index contributed by atoms with van der Waals surface area (Å²) in [7, 11) is -0.432. The molecule has 0 bridgehead atoms. The number of carbonyl (C=O) groups excluding carboxylic acids is 1. The summed E-state index contributed by atoms with van der Waals surface area (Å²) in [5.41, 5.74) is 1.31. The van der Waals surface area contributed by atoms with Crippen LogP contribution in [0.25, 0.3) is 0 Å². The van der Waals surface area contributed by atoms with Crippen molar-refractivity contribution in [2.24, 2.45) is 0 Å². The molecule has 7 nitrogen and oxygen atoms in total. The third kappa shape index (κ3) is 5.70. The lowest BCUT2D eigenvalue weighted by Gasteiger charge is -2.12. The number of benzene rings is 1. The fourth-order valence-corrected chi connectivity index (χ4v) is 2.22. The molecule has 3 N–H and O–H groups in total. The number of aliphatic hydroxyl groups is 1. The van der Waals surface area contributed by atoms with Crippen LogP contribution in [0.15, 0.2) is 24.3 Å². The number of nitrogens with zero attached hydrogens (tertiary/aromatic N) is 1. The molecule has 0 heterocycles. The quantitative estimate of drug-likeness (QED) is 0.721. The van der Waals surface area contributed by atoms with Crippen molar-refractivity contribution in [3.8, 4) is 0 Å². The lowest BCUT2D eigenvalue weighted by Crippen LogP contribution is -2.36. The highest BCUT2D eigenvalue weighted by Gasteiger charge is 2.13. The normalized spacial score (nSPS) is 13.0. The van der Waals surface area contributed by atoms with Crippen LogP contribution in [0.3, 0.4) is 0 Å². The monoisotopic (exact) mass is 315 g/mol. The lowest BCUT2D eigenvalue weighted by molar-refractivity contribution is 0.199. The Labute approximate surface area is 125 Å². The minimum atomic E-state index is -3.32. The Morgan fingerprint density at radius 1 is 1.29 bits per heavy atom. The Bertz CT molecular complexity index is 568. The summed E-state index contributed by atoms with van der Waals surface area (Å²) in [6.07, 6.45) is -0.566. The van der Waals surface area contributed by atoms with E-state index >= 15 is 0 Å². The molecular weight excluding hydrogens is 294 g/mol. The molecule has 0 saturated heterocycles. The van der Waals surface area contributed by atoms with Crippen LogP contribution in [0.5, 0.6) is 0 Å². The van der Waals surface area contributed by atoms with E-state index in [0.29, 0.717) is 5.69 Å². The molecule has 0 saturated carbocycles. The Morgan fingerprint density at radius 3 is 2.33 bits per heavy atom. The van der Waals surface area contributed by atoms with Crippen molar-refractivity contribution < 1.29 is 18.3 Å². The van der Waals surface area contributed by atoms with Crippen LogP contribution < -0.4 is 10.6 Å². The van der Waals surface area contributed by atoms with E-state index in [9.17, 15) is 18.3 Å². The largest absolute Gasteiger partial charge is 0.389 e. The molecule has 0 spiro atoms. The zero-order valence-corrected chi connectivity index (χ0v) is 13.1. The Hall–Kier alpha value is -1.64. The third-order valence-corrected chi connectivity index (χ3v) is 4.69. The van der Waals surface area contributed by atoms with Gasteiger partial charge in [0.1, 0.15) is 0 Å². The van der Waals surface area contributed by atoms with Gasteiger partial charge in [-0.25, -0.2) is 17.5 Å². The molecule has 0 aliphatic rings. The average molecular weight is 315 g/mol. The predicted octanol–water partition coefficient (Wildman–Crippen LogP) is 0.753. The van der Waals surface area contributed by atoms with Crippen molar-refractivity contribution in [2.45, 2.75) is 13.0 Å². The number of anilines is 1. The molecule has 1 aromatic rings. The van der Waals surface area contributed by atoms with Gasteiger partial charge < -0.3 is 15.7 Å². The summed E-state index contributed by atoms with van der Waals surface area (Å²) >= 11 is 0. The van der Waals surface area contributed by atoms with E-state index in [1.54, 1.807) is 31.2 Å². The summed E-state index contributed by atoms with van der Waals surface area (Å²) < 4.78 is 24.1. The van der Waals surface area contributed by atoms with E-state index in [2.05, 4.69) is 10.6 Å². The van der Waals surface area contributed by atoms with Gasteiger partial charge in [-0.2, -0.15) is 0 Å². The smallest absolute Gasteiger partial charge is 0.319 e. The fraction of sp³-hybridized carbons (Fsp3) is 0.462. The predicted molar refractivity (Wildman–Crippen MR) is 81.6 cm³/mol. The second-order valence-electron chi connectivity index (χ2n) is 4.78. The molecule has 0 fully saturated rings. The molecular formula is C13H21N3O4S. The molecule has 1 rings (SSSR count). The van der Waals surface area contributed by atoms with Gasteiger partial charge in [0.15, 0.2) is 0 Å². The van der Waals surface area contributed by atoms with E-state index in [1.165, 1.54) is 14.1 Å². The van der Waals surface area contributed by atoms with Crippen molar-refractivity contribution in [1.29, 1.82) is 0 Å². The van der Waals surface area contributed by atoms with Crippen LogP contribution in [0, 0.1) is 0 Å². The standard InChI is InChI=1S/C13H21N3O4S/c1-10(17)11-4-6-12(7-5-11)15-13(18)14-8-9-21(19,20)16(2)3/h4-7,10,17H,8-9H2,1-3H3,(H2,14,15,18). The van der Waals surface area contributed by atoms with Crippen LogP contribution in [-0.4, -0.2) is 50.3 Å². The van der Waals surface area contributed by atoms with E-state index in [4.69, 9.17) is 0 Å². The second-order valence-corrected chi connectivity index (χ2v) is 7.08. The number of hydrogen-bond donors (Lipinski definition) is 3. The van der Waals surface area contributed by atoms with E-state index in [-0.39, 0.29) is 12.3 Å². The molecule has 21 heavy (non-hydrogen) atoms. The van der Waals surface area contributed by atoms with Gasteiger partial charge >= 0.3 is 6.03 Å². The van der Waals surface area contributed by atoms with Gasteiger partial charge in [-0.05, 0) is 24.6 Å². The number of sulfonamides is 1. The van der Waals surface area contributed by atoms with Gasteiger partial charge in [-0.15, -0.1) is 0 Å². The zero-order valence-electron chi connectivity index (χ0n) is 12.3. The van der Waals surface area contributed by atoms with Gasteiger partial charge in [-0.1, -0.05) is 12.1 Å². The maximum absolute atomic E-state index is 11.6. The highest BCUT2D eigenvalue weighted by atomic mass is 32.2. The summed E-state index contributed by atoms with van der Waals surface area (Å²) in [5, 5.41) is 14.4. The first-order valence-corrected chi connectivity index (χ1v) is 8.06. The van der Waals surface area contributed by atoms with Gasteiger partial charge in [-0.3, -0.25) is 0 Å². The van der Waals surface area contributed by atoms with Gasteiger partial charge in [0.25, 0.3) is 0 Å². The van der Waals surface area contributed by atoms with Crippen LogP contribution in [0.2, 0.25) is 0 Å². The lowest BCUT2D eigenvalue weighted by atomic mass is 10.1. The van der Waals surface area contributed by atoms with Crippen LogP contribution >= 0.6 is 0 Å². The summed E-state index contributed by atoms with van der Waals surface area (Å²) in [6, 6.07) is 6.26. The Kier molecular flexibility index (Phi) is 6.13. The first-order chi connectivity index (χ1) is 9.72. The molecule has 0 aliphatic heterocycles. The highest BCUT2D eigenvalue weighted by molar-refractivity contribution is 7.89. The average Bonchev–Trinajstić information content (AvgIpc) is 2.38. The van der Waals surface area contributed by atoms with Crippen molar-refractivity contribution in [3.05, 3.63) is 29.8 Å². The molecule has 0 radical (unpaired) electrons. The van der Waals surface area contributed by atoms with Crippen molar-refractivity contribution in [1.82, 2.24) is 9.62 Å². The Balaban J connectivity index is 2.44. The highest BCUT2D eigenvalue weighted by Crippen LogP contribution is 2.15.